The van der Waals surface area contributed by atoms with Crippen LogP contribution in [-0.2, 0) is 11.8 Å². The highest BCUT2D eigenvalue weighted by atomic mass is 16.5. The number of esters is 1. The van der Waals surface area contributed by atoms with Crippen molar-refractivity contribution in [2.75, 3.05) is 7.11 Å². The predicted octanol–water partition coefficient (Wildman–Crippen LogP) is 2.48. The highest BCUT2D eigenvalue weighted by molar-refractivity contribution is 5.96. The molecule has 0 saturated heterocycles. The molecule has 0 bridgehead atoms. The molecular weight excluding hydrogens is 202 g/mol. The molecule has 0 saturated carbocycles. The molecule has 1 aromatic heterocycles. The van der Waals surface area contributed by atoms with Crippen molar-refractivity contribution < 1.29 is 9.53 Å². The Hall–Kier alpha value is -2.03. The molecule has 3 heteroatoms. The molecule has 0 N–H and O–H groups in total. The Kier molecular flexibility index (Phi) is 2.77. The summed E-state index contributed by atoms with van der Waals surface area (Å²) in [6, 6.07) is 11.4. The van der Waals surface area contributed by atoms with Gasteiger partial charge in [-0.05, 0) is 18.2 Å². The second kappa shape index (κ2) is 4.23. The number of hydrogen-bond acceptors (Lipinski definition) is 2. The van der Waals surface area contributed by atoms with Crippen LogP contribution in [0.5, 0.6) is 0 Å². The van der Waals surface area contributed by atoms with Crippen molar-refractivity contribution in [3.05, 3.63) is 48.2 Å². The Bertz CT molecular complexity index is 514. The van der Waals surface area contributed by atoms with Gasteiger partial charge in [0.25, 0.3) is 0 Å². The largest absolute Gasteiger partial charge is 0.465 e. The molecule has 0 atom stereocenters. The van der Waals surface area contributed by atoms with Crippen molar-refractivity contribution in [1.82, 2.24) is 4.57 Å². The number of rotatable bonds is 2. The van der Waals surface area contributed by atoms with Gasteiger partial charge >= 0.3 is 5.97 Å². The van der Waals surface area contributed by atoms with Gasteiger partial charge in [-0.3, -0.25) is 0 Å². The van der Waals surface area contributed by atoms with E-state index < -0.39 is 0 Å². The first-order chi connectivity index (χ1) is 7.74. The van der Waals surface area contributed by atoms with Crippen LogP contribution < -0.4 is 0 Å². The van der Waals surface area contributed by atoms with Crippen LogP contribution in [0.4, 0.5) is 0 Å². The van der Waals surface area contributed by atoms with E-state index in [9.17, 15) is 4.79 Å². The first kappa shape index (κ1) is 10.5. The second-order valence-corrected chi connectivity index (χ2v) is 3.54. The minimum Gasteiger partial charge on any atom is -0.465 e. The second-order valence-electron chi connectivity index (χ2n) is 3.54. The first-order valence-electron chi connectivity index (χ1n) is 5.03. The average molecular weight is 215 g/mol. The lowest BCUT2D eigenvalue weighted by Gasteiger charge is -2.08. The number of methoxy groups -OCH3 is 1. The fraction of sp³-hybridized carbons (Fsp3) is 0.154. The van der Waals surface area contributed by atoms with Crippen molar-refractivity contribution in [3.63, 3.8) is 0 Å². The van der Waals surface area contributed by atoms with Gasteiger partial charge < -0.3 is 9.30 Å². The molecular formula is C13H13NO2. The van der Waals surface area contributed by atoms with Crippen molar-refractivity contribution in [1.29, 1.82) is 0 Å². The van der Waals surface area contributed by atoms with Crippen LogP contribution in [0.1, 0.15) is 10.4 Å². The first-order valence-corrected chi connectivity index (χ1v) is 5.03. The van der Waals surface area contributed by atoms with Gasteiger partial charge in [0.2, 0.25) is 0 Å². The summed E-state index contributed by atoms with van der Waals surface area (Å²) in [7, 11) is 3.34. The molecule has 0 spiro atoms. The van der Waals surface area contributed by atoms with Crippen LogP contribution in [0.2, 0.25) is 0 Å². The highest BCUT2D eigenvalue weighted by Gasteiger charge is 2.13. The summed E-state index contributed by atoms with van der Waals surface area (Å²) in [5, 5.41) is 0. The molecule has 0 amide bonds. The number of carbonyl (C=O) groups excluding carboxylic acids is 1. The molecule has 82 valence electrons. The van der Waals surface area contributed by atoms with Gasteiger partial charge in [-0.25, -0.2) is 4.79 Å². The zero-order valence-corrected chi connectivity index (χ0v) is 9.31. The molecule has 16 heavy (non-hydrogen) atoms. The van der Waals surface area contributed by atoms with E-state index in [-0.39, 0.29) is 5.97 Å². The minimum absolute atomic E-state index is 0.309. The maximum Gasteiger partial charge on any atom is 0.338 e. The van der Waals surface area contributed by atoms with Crippen molar-refractivity contribution in [3.8, 4) is 11.3 Å². The Morgan fingerprint density at radius 2 is 1.94 bits per heavy atom. The lowest BCUT2D eigenvalue weighted by Crippen LogP contribution is -2.04. The van der Waals surface area contributed by atoms with Crippen LogP contribution in [0.15, 0.2) is 42.6 Å². The molecule has 3 nitrogen and oxygen atoms in total. The Labute approximate surface area is 94.3 Å². The van der Waals surface area contributed by atoms with Gasteiger partial charge in [-0.1, -0.05) is 18.2 Å². The molecule has 2 aromatic rings. The van der Waals surface area contributed by atoms with Gasteiger partial charge in [0, 0.05) is 24.5 Å². The molecule has 0 aliphatic carbocycles. The molecule has 2 rings (SSSR count). The number of aromatic nitrogens is 1. The molecule has 0 aliphatic heterocycles. The van der Waals surface area contributed by atoms with E-state index in [0.717, 1.165) is 11.3 Å². The van der Waals surface area contributed by atoms with E-state index in [1.54, 1.807) is 6.07 Å². The van der Waals surface area contributed by atoms with E-state index in [0.29, 0.717) is 5.56 Å². The number of hydrogen-bond donors (Lipinski definition) is 0. The number of nitrogens with zero attached hydrogens (tertiary/aromatic N) is 1. The SMILES string of the molecule is COC(=O)c1ccccc1-c1cccn1C. The maximum atomic E-state index is 11.6. The van der Waals surface area contributed by atoms with E-state index in [1.165, 1.54) is 7.11 Å². The third kappa shape index (κ3) is 1.72. The fourth-order valence-corrected chi connectivity index (χ4v) is 1.74. The summed E-state index contributed by atoms with van der Waals surface area (Å²) in [6.07, 6.45) is 1.95. The highest BCUT2D eigenvalue weighted by Crippen LogP contribution is 2.24. The lowest BCUT2D eigenvalue weighted by atomic mass is 10.0. The molecule has 1 aromatic carbocycles. The summed E-state index contributed by atoms with van der Waals surface area (Å²) >= 11 is 0. The van der Waals surface area contributed by atoms with E-state index in [4.69, 9.17) is 4.74 Å². The summed E-state index contributed by atoms with van der Waals surface area (Å²) in [6.45, 7) is 0. The van der Waals surface area contributed by atoms with Gasteiger partial charge in [0.1, 0.15) is 0 Å². The quantitative estimate of drug-likeness (QED) is 0.721. The van der Waals surface area contributed by atoms with Gasteiger partial charge in [0.05, 0.1) is 12.7 Å². The Morgan fingerprint density at radius 1 is 1.19 bits per heavy atom. The van der Waals surface area contributed by atoms with Crippen molar-refractivity contribution in [2.24, 2.45) is 7.05 Å². The number of carbonyl (C=O) groups is 1. The predicted molar refractivity (Wildman–Crippen MR) is 62.2 cm³/mol. The summed E-state index contributed by atoms with van der Waals surface area (Å²) < 4.78 is 6.74. The molecule has 1 heterocycles. The third-order valence-corrected chi connectivity index (χ3v) is 2.55. The molecule has 0 fully saturated rings. The molecule has 0 aliphatic rings. The maximum absolute atomic E-state index is 11.6. The number of ether oxygens (including phenoxy) is 1. The Balaban J connectivity index is 2.57. The van der Waals surface area contributed by atoms with Gasteiger partial charge in [0.15, 0.2) is 0 Å². The van der Waals surface area contributed by atoms with Crippen LogP contribution in [0.25, 0.3) is 11.3 Å². The third-order valence-electron chi connectivity index (χ3n) is 2.55. The zero-order chi connectivity index (χ0) is 11.5. The number of aryl methyl sites for hydroxylation is 1. The number of benzene rings is 1. The average Bonchev–Trinajstić information content (AvgIpc) is 2.74. The summed E-state index contributed by atoms with van der Waals surface area (Å²) in [5.41, 5.74) is 2.48. The van der Waals surface area contributed by atoms with Crippen LogP contribution in [-0.4, -0.2) is 17.6 Å². The van der Waals surface area contributed by atoms with Crippen molar-refractivity contribution >= 4 is 5.97 Å². The molecule has 0 radical (unpaired) electrons. The zero-order valence-electron chi connectivity index (χ0n) is 9.31. The van der Waals surface area contributed by atoms with Crippen LogP contribution >= 0.6 is 0 Å². The summed E-state index contributed by atoms with van der Waals surface area (Å²) in [4.78, 5) is 11.6. The monoisotopic (exact) mass is 215 g/mol. The van der Waals surface area contributed by atoms with Crippen LogP contribution in [0.3, 0.4) is 0 Å². The normalized spacial score (nSPS) is 10.1. The van der Waals surface area contributed by atoms with Gasteiger partial charge in [-0.15, -0.1) is 0 Å². The fourth-order valence-electron chi connectivity index (χ4n) is 1.74. The van der Waals surface area contributed by atoms with Crippen LogP contribution in [0, 0.1) is 0 Å². The molecule has 0 unspecified atom stereocenters. The summed E-state index contributed by atoms with van der Waals surface area (Å²) in [5.74, 6) is -0.309. The smallest absolute Gasteiger partial charge is 0.338 e. The minimum atomic E-state index is -0.309. The standard InChI is InChI=1S/C13H13NO2/c1-14-9-5-8-12(14)10-6-3-4-7-11(10)13(15)16-2/h3-9H,1-2H3. The Morgan fingerprint density at radius 3 is 2.56 bits per heavy atom. The van der Waals surface area contributed by atoms with E-state index in [2.05, 4.69) is 0 Å². The van der Waals surface area contributed by atoms with E-state index in [1.807, 2.05) is 48.1 Å². The van der Waals surface area contributed by atoms with E-state index >= 15 is 0 Å². The lowest BCUT2D eigenvalue weighted by molar-refractivity contribution is 0.0601. The van der Waals surface area contributed by atoms with Crippen molar-refractivity contribution in [2.45, 2.75) is 0 Å². The topological polar surface area (TPSA) is 31.2 Å². The van der Waals surface area contributed by atoms with Gasteiger partial charge in [-0.2, -0.15) is 0 Å².